The molecule has 1 fully saturated rings. The first-order valence-corrected chi connectivity index (χ1v) is 5.44. The number of aromatic nitrogens is 1. The van der Waals surface area contributed by atoms with Gasteiger partial charge in [-0.15, -0.1) is 0 Å². The van der Waals surface area contributed by atoms with Gasteiger partial charge in [0.05, 0.1) is 12.2 Å². The van der Waals surface area contributed by atoms with E-state index in [0.717, 1.165) is 6.54 Å². The summed E-state index contributed by atoms with van der Waals surface area (Å²) in [6.07, 6.45) is 0.193. The molecule has 2 rings (SSSR count). The Morgan fingerprint density at radius 1 is 1.44 bits per heavy atom. The molecule has 2 atom stereocenters. The molecule has 0 saturated carbocycles. The highest BCUT2D eigenvalue weighted by Crippen LogP contribution is 2.14. The van der Waals surface area contributed by atoms with E-state index in [1.807, 2.05) is 23.8 Å². The molecule has 0 unspecified atom stereocenters. The zero-order valence-corrected chi connectivity index (χ0v) is 9.21. The van der Waals surface area contributed by atoms with Crippen molar-refractivity contribution in [3.05, 3.63) is 24.0 Å². The van der Waals surface area contributed by atoms with E-state index in [2.05, 4.69) is 0 Å². The molecule has 0 aliphatic carbocycles. The second-order valence-electron chi connectivity index (χ2n) is 4.02. The number of carbonyl (C=O) groups is 1. The summed E-state index contributed by atoms with van der Waals surface area (Å²) in [5.41, 5.74) is 0.601. The molecular weight excluding hydrogens is 208 g/mol. The Labute approximate surface area is 93.9 Å². The Hall–Kier alpha value is -1.33. The summed E-state index contributed by atoms with van der Waals surface area (Å²) >= 11 is 0. The Morgan fingerprint density at radius 2 is 2.06 bits per heavy atom. The summed E-state index contributed by atoms with van der Waals surface area (Å²) in [5, 5.41) is 18.8. The average molecular weight is 224 g/mol. The molecule has 5 heteroatoms. The highest BCUT2D eigenvalue weighted by atomic mass is 16.3. The molecule has 1 saturated heterocycles. The lowest BCUT2D eigenvalue weighted by Gasteiger charge is -2.16. The van der Waals surface area contributed by atoms with Gasteiger partial charge in [-0.05, 0) is 19.1 Å². The molecule has 0 radical (unpaired) electrons. The standard InChI is InChI=1S/C11H16N2O3/c1-2-12-5-3-4-8(12)11(16)13-6-9(14)10(15)7-13/h3-5,9-10,14-15H,2,6-7H2,1H3/t9-,10+. The lowest BCUT2D eigenvalue weighted by atomic mass is 10.3. The fraction of sp³-hybridized carbons (Fsp3) is 0.545. The number of hydrogen-bond acceptors (Lipinski definition) is 3. The maximum Gasteiger partial charge on any atom is 0.270 e. The van der Waals surface area contributed by atoms with Crippen LogP contribution in [0.15, 0.2) is 18.3 Å². The normalized spacial score (nSPS) is 25.1. The number of nitrogens with zero attached hydrogens (tertiary/aromatic N) is 2. The van der Waals surface area contributed by atoms with Crippen molar-refractivity contribution < 1.29 is 15.0 Å². The monoisotopic (exact) mass is 224 g/mol. The highest BCUT2D eigenvalue weighted by molar-refractivity contribution is 5.93. The van der Waals surface area contributed by atoms with E-state index in [1.165, 1.54) is 4.90 Å². The Balaban J connectivity index is 2.14. The quantitative estimate of drug-likeness (QED) is 0.724. The highest BCUT2D eigenvalue weighted by Gasteiger charge is 2.33. The largest absolute Gasteiger partial charge is 0.388 e. The summed E-state index contributed by atoms with van der Waals surface area (Å²) in [7, 11) is 0. The van der Waals surface area contributed by atoms with E-state index < -0.39 is 12.2 Å². The fourth-order valence-corrected chi connectivity index (χ4v) is 1.98. The topological polar surface area (TPSA) is 65.7 Å². The molecule has 5 nitrogen and oxygen atoms in total. The lowest BCUT2D eigenvalue weighted by molar-refractivity contribution is 0.0572. The smallest absolute Gasteiger partial charge is 0.270 e. The molecule has 16 heavy (non-hydrogen) atoms. The predicted octanol–water partition coefficient (Wildman–Crippen LogP) is -0.314. The first-order chi connectivity index (χ1) is 7.63. The van der Waals surface area contributed by atoms with Crippen LogP contribution in [-0.4, -0.2) is 50.9 Å². The van der Waals surface area contributed by atoms with Gasteiger partial charge in [-0.25, -0.2) is 0 Å². The van der Waals surface area contributed by atoms with Gasteiger partial charge in [0.15, 0.2) is 0 Å². The van der Waals surface area contributed by atoms with E-state index in [1.54, 1.807) is 6.07 Å². The minimum atomic E-state index is -0.825. The summed E-state index contributed by atoms with van der Waals surface area (Å²) in [4.78, 5) is 13.5. The third kappa shape index (κ3) is 1.83. The van der Waals surface area contributed by atoms with Crippen LogP contribution in [0.25, 0.3) is 0 Å². The summed E-state index contributed by atoms with van der Waals surface area (Å²) in [6, 6.07) is 3.57. The van der Waals surface area contributed by atoms with E-state index in [-0.39, 0.29) is 19.0 Å². The molecule has 2 N–H and O–H groups in total. The third-order valence-electron chi connectivity index (χ3n) is 2.94. The molecule has 1 aromatic heterocycles. The molecule has 2 heterocycles. The number of β-amino-alcohol motifs (C(OH)–C–C–N with tert-alkyl or cyclic N) is 2. The van der Waals surface area contributed by atoms with Crippen molar-refractivity contribution in [3.63, 3.8) is 0 Å². The average Bonchev–Trinajstić information content (AvgIpc) is 2.85. The van der Waals surface area contributed by atoms with Crippen LogP contribution in [0.3, 0.4) is 0 Å². The van der Waals surface area contributed by atoms with Crippen LogP contribution in [0.5, 0.6) is 0 Å². The molecule has 1 amide bonds. The minimum absolute atomic E-state index is 0.137. The van der Waals surface area contributed by atoms with Crippen molar-refractivity contribution in [2.45, 2.75) is 25.7 Å². The number of hydrogen-bond donors (Lipinski definition) is 2. The second kappa shape index (κ2) is 4.27. The van der Waals surface area contributed by atoms with Gasteiger partial charge < -0.3 is 19.7 Å². The summed E-state index contributed by atoms with van der Waals surface area (Å²) in [6.45, 7) is 3.10. The maximum atomic E-state index is 12.1. The number of aliphatic hydroxyl groups excluding tert-OH is 2. The van der Waals surface area contributed by atoms with Crippen LogP contribution in [0.4, 0.5) is 0 Å². The van der Waals surface area contributed by atoms with Crippen molar-refractivity contribution in [2.75, 3.05) is 13.1 Å². The fourth-order valence-electron chi connectivity index (χ4n) is 1.98. The number of aryl methyl sites for hydroxylation is 1. The molecule has 1 aromatic rings. The van der Waals surface area contributed by atoms with Gasteiger partial charge in [0.1, 0.15) is 5.69 Å². The SMILES string of the molecule is CCn1cccc1C(=O)N1C[C@@H](O)[C@@H](O)C1. The van der Waals surface area contributed by atoms with E-state index in [4.69, 9.17) is 0 Å². The minimum Gasteiger partial charge on any atom is -0.388 e. The van der Waals surface area contributed by atoms with Gasteiger partial charge in [-0.3, -0.25) is 4.79 Å². The zero-order valence-electron chi connectivity index (χ0n) is 9.21. The van der Waals surface area contributed by atoms with Crippen molar-refractivity contribution in [3.8, 4) is 0 Å². The van der Waals surface area contributed by atoms with Crippen molar-refractivity contribution >= 4 is 5.91 Å². The molecule has 1 aliphatic heterocycles. The number of amides is 1. The zero-order chi connectivity index (χ0) is 11.7. The van der Waals surface area contributed by atoms with Gasteiger partial charge in [0, 0.05) is 25.8 Å². The maximum absolute atomic E-state index is 12.1. The Bertz CT molecular complexity index is 378. The molecule has 0 spiro atoms. The van der Waals surface area contributed by atoms with Gasteiger partial charge in [-0.1, -0.05) is 0 Å². The van der Waals surface area contributed by atoms with Gasteiger partial charge in [-0.2, -0.15) is 0 Å². The molecule has 0 bridgehead atoms. The number of rotatable bonds is 2. The first-order valence-electron chi connectivity index (χ1n) is 5.44. The molecule has 1 aliphatic rings. The van der Waals surface area contributed by atoms with Crippen molar-refractivity contribution in [1.82, 2.24) is 9.47 Å². The first kappa shape index (κ1) is 11.2. The summed E-state index contributed by atoms with van der Waals surface area (Å²) in [5.74, 6) is -0.137. The van der Waals surface area contributed by atoms with Gasteiger partial charge >= 0.3 is 0 Å². The number of likely N-dealkylation sites (tertiary alicyclic amines) is 1. The second-order valence-corrected chi connectivity index (χ2v) is 4.02. The lowest BCUT2D eigenvalue weighted by Crippen LogP contribution is -2.31. The van der Waals surface area contributed by atoms with Crippen LogP contribution in [0.2, 0.25) is 0 Å². The van der Waals surface area contributed by atoms with Gasteiger partial charge in [0.2, 0.25) is 0 Å². The third-order valence-corrected chi connectivity index (χ3v) is 2.94. The van der Waals surface area contributed by atoms with Crippen LogP contribution in [0.1, 0.15) is 17.4 Å². The summed E-state index contributed by atoms with van der Waals surface area (Å²) < 4.78 is 1.85. The van der Waals surface area contributed by atoms with E-state index in [9.17, 15) is 15.0 Å². The van der Waals surface area contributed by atoms with Crippen LogP contribution in [0, 0.1) is 0 Å². The van der Waals surface area contributed by atoms with Crippen LogP contribution < -0.4 is 0 Å². The van der Waals surface area contributed by atoms with E-state index >= 15 is 0 Å². The van der Waals surface area contributed by atoms with Crippen LogP contribution >= 0.6 is 0 Å². The number of aliphatic hydroxyl groups is 2. The molecular formula is C11H16N2O3. The van der Waals surface area contributed by atoms with Crippen LogP contribution in [-0.2, 0) is 6.54 Å². The molecule has 88 valence electrons. The van der Waals surface area contributed by atoms with E-state index in [0.29, 0.717) is 5.69 Å². The Kier molecular flexibility index (Phi) is 2.98. The predicted molar refractivity (Wildman–Crippen MR) is 58.0 cm³/mol. The molecule has 0 aromatic carbocycles. The van der Waals surface area contributed by atoms with Gasteiger partial charge in [0.25, 0.3) is 5.91 Å². The Morgan fingerprint density at radius 3 is 2.62 bits per heavy atom. The number of carbonyl (C=O) groups excluding carboxylic acids is 1. The van der Waals surface area contributed by atoms with Crippen molar-refractivity contribution in [1.29, 1.82) is 0 Å². The van der Waals surface area contributed by atoms with Crippen molar-refractivity contribution in [2.24, 2.45) is 0 Å².